The summed E-state index contributed by atoms with van der Waals surface area (Å²) in [5.74, 6) is -1.99. The van der Waals surface area contributed by atoms with Gasteiger partial charge in [-0.2, -0.15) is 4.39 Å². The fourth-order valence-electron chi connectivity index (χ4n) is 0.575. The molecule has 11 heavy (non-hydrogen) atoms. The Bertz CT molecular complexity index is 282. The Morgan fingerprint density at radius 1 is 1.64 bits per heavy atom. The van der Waals surface area contributed by atoms with E-state index in [9.17, 15) is 9.18 Å². The summed E-state index contributed by atoms with van der Waals surface area (Å²) in [6, 6.07) is 2.46. The van der Waals surface area contributed by atoms with Crippen LogP contribution in [0.25, 0.3) is 0 Å². The maximum absolute atomic E-state index is 12.4. The largest absolute Gasteiger partial charge is 0.477 e. The number of pyridine rings is 1. The van der Waals surface area contributed by atoms with Crippen molar-refractivity contribution < 1.29 is 14.3 Å². The van der Waals surface area contributed by atoms with Crippen LogP contribution >= 0.6 is 22.6 Å². The molecule has 0 unspecified atom stereocenters. The van der Waals surface area contributed by atoms with Crippen molar-refractivity contribution in [3.63, 3.8) is 0 Å². The van der Waals surface area contributed by atoms with Crippen molar-refractivity contribution in [1.29, 1.82) is 0 Å². The van der Waals surface area contributed by atoms with E-state index >= 15 is 0 Å². The number of aromatic carboxylic acids is 1. The van der Waals surface area contributed by atoms with Crippen LogP contribution in [0.1, 0.15) is 10.5 Å². The predicted octanol–water partition coefficient (Wildman–Crippen LogP) is 1.52. The van der Waals surface area contributed by atoms with E-state index in [-0.39, 0.29) is 5.69 Å². The van der Waals surface area contributed by atoms with Gasteiger partial charge in [0.25, 0.3) is 0 Å². The summed E-state index contributed by atoms with van der Waals surface area (Å²) in [6.45, 7) is 0. The van der Waals surface area contributed by atoms with Gasteiger partial charge in [-0.05, 0) is 28.7 Å². The molecule has 3 nitrogen and oxygen atoms in total. The Morgan fingerprint density at radius 2 is 2.27 bits per heavy atom. The standard InChI is InChI=1S/C6H3FINO2/c7-5-2-3(8)1-4(9-5)6(10)11/h1-2H,(H,10,11). The third-order valence-electron chi connectivity index (χ3n) is 0.978. The minimum Gasteiger partial charge on any atom is -0.477 e. The molecule has 0 radical (unpaired) electrons. The van der Waals surface area contributed by atoms with Gasteiger partial charge in [-0.15, -0.1) is 0 Å². The van der Waals surface area contributed by atoms with Gasteiger partial charge in [0.15, 0.2) is 5.69 Å². The van der Waals surface area contributed by atoms with Gasteiger partial charge in [-0.1, -0.05) is 0 Å². The van der Waals surface area contributed by atoms with E-state index in [4.69, 9.17) is 5.11 Å². The molecule has 0 atom stereocenters. The van der Waals surface area contributed by atoms with Gasteiger partial charge in [-0.25, -0.2) is 9.78 Å². The van der Waals surface area contributed by atoms with E-state index in [1.807, 2.05) is 22.6 Å². The number of carboxylic acid groups (broad SMARTS) is 1. The Hall–Kier alpha value is -0.720. The zero-order chi connectivity index (χ0) is 8.43. The summed E-state index contributed by atoms with van der Waals surface area (Å²) in [5.41, 5.74) is -0.269. The normalized spacial score (nSPS) is 9.64. The van der Waals surface area contributed by atoms with Crippen molar-refractivity contribution >= 4 is 28.6 Å². The van der Waals surface area contributed by atoms with Crippen LogP contribution in [0, 0.1) is 9.52 Å². The van der Waals surface area contributed by atoms with Gasteiger partial charge in [0.05, 0.1) is 0 Å². The van der Waals surface area contributed by atoms with Crippen LogP contribution in [0.2, 0.25) is 0 Å². The Balaban J connectivity index is 3.19. The molecule has 1 aromatic heterocycles. The van der Waals surface area contributed by atoms with E-state index < -0.39 is 11.9 Å². The molecule has 0 saturated heterocycles. The van der Waals surface area contributed by atoms with Crippen LogP contribution in [-0.4, -0.2) is 16.1 Å². The summed E-state index contributed by atoms with van der Waals surface area (Å²) in [7, 11) is 0. The minimum atomic E-state index is -1.22. The first kappa shape index (κ1) is 8.38. The highest BCUT2D eigenvalue weighted by Crippen LogP contribution is 2.07. The van der Waals surface area contributed by atoms with E-state index in [1.165, 1.54) is 6.07 Å². The van der Waals surface area contributed by atoms with Crippen molar-refractivity contribution in [2.24, 2.45) is 0 Å². The van der Waals surface area contributed by atoms with Crippen molar-refractivity contribution in [2.75, 3.05) is 0 Å². The highest BCUT2D eigenvalue weighted by Gasteiger charge is 2.06. The topological polar surface area (TPSA) is 50.2 Å². The molecule has 1 N–H and O–H groups in total. The van der Waals surface area contributed by atoms with Crippen molar-refractivity contribution in [2.45, 2.75) is 0 Å². The van der Waals surface area contributed by atoms with Crippen molar-refractivity contribution in [3.8, 4) is 0 Å². The van der Waals surface area contributed by atoms with Crippen LogP contribution in [0.3, 0.4) is 0 Å². The van der Waals surface area contributed by atoms with Gasteiger partial charge in [0.2, 0.25) is 5.95 Å². The lowest BCUT2D eigenvalue weighted by Gasteiger charge is -1.94. The quantitative estimate of drug-likeness (QED) is 0.620. The van der Waals surface area contributed by atoms with E-state index in [1.54, 1.807) is 0 Å². The summed E-state index contributed by atoms with van der Waals surface area (Å²) >= 11 is 1.82. The number of carboxylic acids is 1. The zero-order valence-electron chi connectivity index (χ0n) is 5.21. The Morgan fingerprint density at radius 3 is 2.73 bits per heavy atom. The average Bonchev–Trinajstić information content (AvgIpc) is 1.85. The molecule has 0 amide bonds. The molecule has 0 fully saturated rings. The van der Waals surface area contributed by atoms with E-state index in [2.05, 4.69) is 4.98 Å². The highest BCUT2D eigenvalue weighted by molar-refractivity contribution is 14.1. The summed E-state index contributed by atoms with van der Waals surface area (Å²) in [5, 5.41) is 8.40. The third kappa shape index (κ3) is 2.11. The van der Waals surface area contributed by atoms with Crippen LogP contribution < -0.4 is 0 Å². The minimum absolute atomic E-state index is 0.269. The van der Waals surface area contributed by atoms with Crippen molar-refractivity contribution in [3.05, 3.63) is 27.3 Å². The molecule has 0 bridgehead atoms. The number of carbonyl (C=O) groups is 1. The molecule has 0 aliphatic carbocycles. The Labute approximate surface area is 75.4 Å². The fraction of sp³-hybridized carbons (Fsp3) is 0. The fourth-order valence-corrected chi connectivity index (χ4v) is 1.13. The maximum Gasteiger partial charge on any atom is 0.354 e. The maximum atomic E-state index is 12.4. The van der Waals surface area contributed by atoms with E-state index in [0.717, 1.165) is 6.07 Å². The predicted molar refractivity (Wildman–Crippen MR) is 43.9 cm³/mol. The molecular weight excluding hydrogens is 264 g/mol. The van der Waals surface area contributed by atoms with Crippen LogP contribution in [0.5, 0.6) is 0 Å². The van der Waals surface area contributed by atoms with Crippen LogP contribution in [-0.2, 0) is 0 Å². The average molecular weight is 267 g/mol. The second-order valence-electron chi connectivity index (χ2n) is 1.80. The lowest BCUT2D eigenvalue weighted by atomic mass is 10.3. The number of rotatable bonds is 1. The second-order valence-corrected chi connectivity index (χ2v) is 3.04. The number of nitrogens with zero attached hydrogens (tertiary/aromatic N) is 1. The number of halogens is 2. The summed E-state index contributed by atoms with van der Waals surface area (Å²) in [4.78, 5) is 13.4. The van der Waals surface area contributed by atoms with Crippen LogP contribution in [0.15, 0.2) is 12.1 Å². The molecule has 0 aromatic carbocycles. The molecule has 0 saturated carbocycles. The summed E-state index contributed by atoms with van der Waals surface area (Å²) in [6.07, 6.45) is 0. The first-order chi connectivity index (χ1) is 5.09. The first-order valence-corrected chi connectivity index (χ1v) is 3.74. The van der Waals surface area contributed by atoms with Gasteiger partial charge >= 0.3 is 5.97 Å². The Kier molecular flexibility index (Phi) is 2.38. The first-order valence-electron chi connectivity index (χ1n) is 2.66. The molecule has 58 valence electrons. The lowest BCUT2D eigenvalue weighted by molar-refractivity contribution is 0.0689. The highest BCUT2D eigenvalue weighted by atomic mass is 127. The number of hydrogen-bond donors (Lipinski definition) is 1. The third-order valence-corrected chi connectivity index (χ3v) is 1.60. The second kappa shape index (κ2) is 3.12. The molecule has 0 spiro atoms. The number of hydrogen-bond acceptors (Lipinski definition) is 2. The summed E-state index contributed by atoms with van der Waals surface area (Å²) < 4.78 is 12.9. The van der Waals surface area contributed by atoms with Crippen molar-refractivity contribution in [1.82, 2.24) is 4.98 Å². The van der Waals surface area contributed by atoms with Gasteiger partial charge in [-0.3, -0.25) is 0 Å². The number of aromatic nitrogens is 1. The van der Waals surface area contributed by atoms with Gasteiger partial charge in [0.1, 0.15) is 0 Å². The molecule has 0 aliphatic rings. The molecule has 0 aliphatic heterocycles. The van der Waals surface area contributed by atoms with Gasteiger partial charge < -0.3 is 5.11 Å². The SMILES string of the molecule is O=C(O)c1cc(I)cc(F)n1. The molecule has 1 heterocycles. The van der Waals surface area contributed by atoms with Crippen LogP contribution in [0.4, 0.5) is 4.39 Å². The zero-order valence-corrected chi connectivity index (χ0v) is 7.37. The lowest BCUT2D eigenvalue weighted by Crippen LogP contribution is -2.02. The molecule has 1 rings (SSSR count). The molecule has 1 aromatic rings. The smallest absolute Gasteiger partial charge is 0.354 e. The molecular formula is C6H3FINO2. The monoisotopic (exact) mass is 267 g/mol. The van der Waals surface area contributed by atoms with E-state index in [0.29, 0.717) is 3.57 Å². The van der Waals surface area contributed by atoms with Gasteiger partial charge in [0, 0.05) is 9.64 Å². The molecule has 5 heteroatoms.